The van der Waals surface area contributed by atoms with Gasteiger partial charge in [-0.25, -0.2) is 4.98 Å². The minimum Gasteiger partial charge on any atom is -0.395 e. The fourth-order valence-electron chi connectivity index (χ4n) is 2.09. The van der Waals surface area contributed by atoms with Crippen molar-refractivity contribution < 1.29 is 5.11 Å². The average molecular weight is 237 g/mol. The standard InChI is InChI=1S/C13H23N3O/c1-3-12(4-2)16(7-8-17)10-11-5-6-13(14)15-9-11/h5-6,9,12,17H,3-4,7-8,10H2,1-2H3,(H2,14,15). The normalized spacial score (nSPS) is 11.4. The second kappa shape index (κ2) is 7.25. The topological polar surface area (TPSA) is 62.4 Å². The molecule has 1 rings (SSSR count). The van der Waals surface area contributed by atoms with E-state index in [0.29, 0.717) is 18.4 Å². The molecule has 0 saturated heterocycles. The summed E-state index contributed by atoms with van der Waals surface area (Å²) in [5.41, 5.74) is 6.70. The molecule has 0 spiro atoms. The maximum absolute atomic E-state index is 9.12. The number of rotatable bonds is 7. The minimum atomic E-state index is 0.193. The molecule has 17 heavy (non-hydrogen) atoms. The summed E-state index contributed by atoms with van der Waals surface area (Å²) in [7, 11) is 0. The van der Waals surface area contributed by atoms with E-state index >= 15 is 0 Å². The van der Waals surface area contributed by atoms with Gasteiger partial charge in [0, 0.05) is 25.3 Å². The number of hydrogen-bond acceptors (Lipinski definition) is 4. The summed E-state index contributed by atoms with van der Waals surface area (Å²) in [6.07, 6.45) is 4.00. The number of aliphatic hydroxyl groups excluding tert-OH is 1. The average Bonchev–Trinajstić information content (AvgIpc) is 2.34. The highest BCUT2D eigenvalue weighted by Crippen LogP contribution is 2.13. The van der Waals surface area contributed by atoms with E-state index in [9.17, 15) is 0 Å². The number of hydrogen-bond donors (Lipinski definition) is 2. The Bertz CT molecular complexity index is 309. The lowest BCUT2D eigenvalue weighted by Gasteiger charge is -2.29. The highest BCUT2D eigenvalue weighted by Gasteiger charge is 2.14. The van der Waals surface area contributed by atoms with Crippen molar-refractivity contribution in [3.63, 3.8) is 0 Å². The summed E-state index contributed by atoms with van der Waals surface area (Å²) < 4.78 is 0. The zero-order valence-electron chi connectivity index (χ0n) is 10.8. The van der Waals surface area contributed by atoms with Crippen molar-refractivity contribution in [3.8, 4) is 0 Å². The quantitative estimate of drug-likeness (QED) is 0.757. The van der Waals surface area contributed by atoms with E-state index in [1.165, 1.54) is 0 Å². The molecule has 1 aromatic rings. The van der Waals surface area contributed by atoms with Gasteiger partial charge in [-0.2, -0.15) is 0 Å². The van der Waals surface area contributed by atoms with Gasteiger partial charge in [0.15, 0.2) is 0 Å². The summed E-state index contributed by atoms with van der Waals surface area (Å²) in [6, 6.07) is 4.33. The number of pyridine rings is 1. The molecule has 0 aliphatic heterocycles. The maximum Gasteiger partial charge on any atom is 0.123 e. The number of nitrogens with zero attached hydrogens (tertiary/aromatic N) is 2. The molecule has 0 aliphatic rings. The number of aliphatic hydroxyl groups is 1. The van der Waals surface area contributed by atoms with Crippen molar-refractivity contribution in [2.75, 3.05) is 18.9 Å². The number of nitrogens with two attached hydrogens (primary N) is 1. The monoisotopic (exact) mass is 237 g/mol. The summed E-state index contributed by atoms with van der Waals surface area (Å²) in [4.78, 5) is 6.39. The smallest absolute Gasteiger partial charge is 0.123 e. The third kappa shape index (κ3) is 4.32. The Labute approximate surface area is 103 Å². The zero-order valence-corrected chi connectivity index (χ0v) is 10.8. The molecule has 0 unspecified atom stereocenters. The predicted octanol–water partition coefficient (Wildman–Crippen LogP) is 1.65. The highest BCUT2D eigenvalue weighted by atomic mass is 16.3. The van der Waals surface area contributed by atoms with Crippen LogP contribution in [0, 0.1) is 0 Å². The summed E-state index contributed by atoms with van der Waals surface area (Å²) >= 11 is 0. The first-order chi connectivity index (χ1) is 8.21. The molecule has 4 nitrogen and oxygen atoms in total. The first-order valence-electron chi connectivity index (χ1n) is 6.26. The fourth-order valence-corrected chi connectivity index (χ4v) is 2.09. The van der Waals surface area contributed by atoms with Crippen LogP contribution in [0.2, 0.25) is 0 Å². The number of nitrogen functional groups attached to an aromatic ring is 1. The summed E-state index contributed by atoms with van der Waals surface area (Å²) in [5.74, 6) is 0.546. The van der Waals surface area contributed by atoms with Crippen LogP contribution in [0.3, 0.4) is 0 Å². The molecule has 4 heteroatoms. The number of aromatic nitrogens is 1. The Balaban J connectivity index is 2.68. The molecular formula is C13H23N3O. The largest absolute Gasteiger partial charge is 0.395 e. The second-order valence-corrected chi connectivity index (χ2v) is 4.26. The first kappa shape index (κ1) is 13.9. The van der Waals surface area contributed by atoms with E-state index in [1.807, 2.05) is 18.3 Å². The van der Waals surface area contributed by atoms with Crippen LogP contribution < -0.4 is 5.73 Å². The van der Waals surface area contributed by atoms with E-state index in [0.717, 1.165) is 24.9 Å². The Kier molecular flexibility index (Phi) is 5.94. The molecule has 0 radical (unpaired) electrons. The molecule has 1 heterocycles. The first-order valence-corrected chi connectivity index (χ1v) is 6.26. The molecule has 0 bridgehead atoms. The van der Waals surface area contributed by atoms with Crippen molar-refractivity contribution in [1.82, 2.24) is 9.88 Å². The van der Waals surface area contributed by atoms with Crippen molar-refractivity contribution in [2.24, 2.45) is 0 Å². The SMILES string of the molecule is CCC(CC)N(CCO)Cc1ccc(N)nc1. The van der Waals surface area contributed by atoms with Gasteiger partial charge in [-0.05, 0) is 24.5 Å². The van der Waals surface area contributed by atoms with Gasteiger partial charge in [-0.1, -0.05) is 19.9 Å². The zero-order chi connectivity index (χ0) is 12.7. The van der Waals surface area contributed by atoms with Crippen LogP contribution >= 0.6 is 0 Å². The molecular weight excluding hydrogens is 214 g/mol. The van der Waals surface area contributed by atoms with Gasteiger partial charge in [0.2, 0.25) is 0 Å². The Morgan fingerprint density at radius 3 is 2.53 bits per heavy atom. The molecule has 0 amide bonds. The lowest BCUT2D eigenvalue weighted by Crippen LogP contribution is -2.36. The molecule has 96 valence electrons. The van der Waals surface area contributed by atoms with Crippen LogP contribution in [-0.4, -0.2) is 34.2 Å². The molecule has 0 fully saturated rings. The van der Waals surface area contributed by atoms with Crippen molar-refractivity contribution in [1.29, 1.82) is 0 Å². The molecule has 0 saturated carbocycles. The van der Waals surface area contributed by atoms with Crippen LogP contribution in [0.25, 0.3) is 0 Å². The van der Waals surface area contributed by atoms with E-state index in [2.05, 4.69) is 23.7 Å². The minimum absolute atomic E-state index is 0.193. The molecule has 0 aromatic carbocycles. The van der Waals surface area contributed by atoms with Crippen LogP contribution in [0.4, 0.5) is 5.82 Å². The van der Waals surface area contributed by atoms with Crippen molar-refractivity contribution in [2.45, 2.75) is 39.3 Å². The second-order valence-electron chi connectivity index (χ2n) is 4.26. The van der Waals surface area contributed by atoms with Gasteiger partial charge in [-0.15, -0.1) is 0 Å². The lowest BCUT2D eigenvalue weighted by atomic mass is 10.1. The number of anilines is 1. The van der Waals surface area contributed by atoms with E-state index in [4.69, 9.17) is 10.8 Å². The van der Waals surface area contributed by atoms with Gasteiger partial charge < -0.3 is 10.8 Å². The van der Waals surface area contributed by atoms with Gasteiger partial charge in [0.25, 0.3) is 0 Å². The predicted molar refractivity (Wildman–Crippen MR) is 70.5 cm³/mol. The Morgan fingerprint density at radius 1 is 1.35 bits per heavy atom. The fraction of sp³-hybridized carbons (Fsp3) is 0.615. The van der Waals surface area contributed by atoms with Crippen molar-refractivity contribution >= 4 is 5.82 Å². The maximum atomic E-state index is 9.12. The third-order valence-corrected chi connectivity index (χ3v) is 3.08. The third-order valence-electron chi connectivity index (χ3n) is 3.08. The lowest BCUT2D eigenvalue weighted by molar-refractivity contribution is 0.136. The van der Waals surface area contributed by atoms with Crippen LogP contribution in [0.5, 0.6) is 0 Å². The molecule has 3 N–H and O–H groups in total. The van der Waals surface area contributed by atoms with Gasteiger partial charge in [0.1, 0.15) is 5.82 Å². The molecule has 0 aliphatic carbocycles. The Hall–Kier alpha value is -1.13. The molecule has 1 aromatic heterocycles. The van der Waals surface area contributed by atoms with Crippen LogP contribution in [0.15, 0.2) is 18.3 Å². The highest BCUT2D eigenvalue weighted by molar-refractivity contribution is 5.29. The van der Waals surface area contributed by atoms with E-state index < -0.39 is 0 Å². The summed E-state index contributed by atoms with van der Waals surface area (Å²) in [6.45, 7) is 6.08. The van der Waals surface area contributed by atoms with Crippen LogP contribution in [0.1, 0.15) is 32.3 Å². The van der Waals surface area contributed by atoms with Gasteiger partial charge >= 0.3 is 0 Å². The van der Waals surface area contributed by atoms with E-state index in [-0.39, 0.29) is 6.61 Å². The van der Waals surface area contributed by atoms with Gasteiger partial charge in [0.05, 0.1) is 6.61 Å². The molecule has 0 atom stereocenters. The van der Waals surface area contributed by atoms with Crippen molar-refractivity contribution in [3.05, 3.63) is 23.9 Å². The van der Waals surface area contributed by atoms with Crippen LogP contribution in [-0.2, 0) is 6.54 Å². The van der Waals surface area contributed by atoms with Gasteiger partial charge in [-0.3, -0.25) is 4.90 Å². The van der Waals surface area contributed by atoms with E-state index in [1.54, 1.807) is 0 Å². The Morgan fingerprint density at radius 2 is 2.06 bits per heavy atom. The summed E-state index contributed by atoms with van der Waals surface area (Å²) in [5, 5.41) is 9.12.